The van der Waals surface area contributed by atoms with Gasteiger partial charge in [0.25, 0.3) is 0 Å². The predicted octanol–water partition coefficient (Wildman–Crippen LogP) is 1.54. The fraction of sp³-hybridized carbons (Fsp3) is 0.333. The van der Waals surface area contributed by atoms with Crippen molar-refractivity contribution in [1.29, 1.82) is 0 Å². The normalized spacial score (nSPS) is 11.7. The number of anilines is 1. The first-order valence-electron chi connectivity index (χ1n) is 5.76. The van der Waals surface area contributed by atoms with Crippen LogP contribution in [-0.2, 0) is 4.79 Å². The number of nitrogens with one attached hydrogen (secondary N) is 3. The molecule has 1 aromatic rings. The van der Waals surface area contributed by atoms with Crippen molar-refractivity contribution in [2.45, 2.75) is 19.6 Å². The summed E-state index contributed by atoms with van der Waals surface area (Å²) in [6, 6.07) is 4.39. The first-order valence-corrected chi connectivity index (χ1v) is 5.76. The van der Waals surface area contributed by atoms with Crippen LogP contribution in [0.2, 0.25) is 0 Å². The number of ether oxygens (including phenoxy) is 1. The Balaban J connectivity index is 2.55. The Labute approximate surface area is 114 Å². The van der Waals surface area contributed by atoms with Gasteiger partial charge in [-0.05, 0) is 31.2 Å². The molecule has 1 unspecified atom stereocenters. The minimum absolute atomic E-state index is 0.0213. The summed E-state index contributed by atoms with van der Waals surface area (Å²) in [5.41, 5.74) is 0.533. The molecule has 3 amide bonds. The number of carbonyl (C=O) groups is 2. The van der Waals surface area contributed by atoms with Crippen LogP contribution in [0.3, 0.4) is 0 Å². The van der Waals surface area contributed by atoms with Gasteiger partial charge in [-0.15, -0.1) is 0 Å². The van der Waals surface area contributed by atoms with Crippen LogP contribution in [0.5, 0.6) is 5.75 Å². The van der Waals surface area contributed by atoms with Gasteiger partial charge < -0.3 is 15.4 Å². The van der Waals surface area contributed by atoms with Crippen LogP contribution in [0.1, 0.15) is 6.92 Å². The van der Waals surface area contributed by atoms with Crippen LogP contribution in [0, 0.1) is 0 Å². The maximum atomic E-state index is 12.0. The molecule has 1 rings (SSSR count). The molecular formula is C12H15F2N3O3. The summed E-state index contributed by atoms with van der Waals surface area (Å²) in [5.74, 6) is -0.495. The average molecular weight is 287 g/mol. The van der Waals surface area contributed by atoms with Crippen molar-refractivity contribution in [2.75, 3.05) is 12.4 Å². The number of urea groups is 1. The number of amides is 3. The minimum Gasteiger partial charge on any atom is -0.435 e. The van der Waals surface area contributed by atoms with Gasteiger partial charge in [-0.3, -0.25) is 10.1 Å². The third-order valence-corrected chi connectivity index (χ3v) is 2.32. The van der Waals surface area contributed by atoms with Crippen LogP contribution >= 0.6 is 0 Å². The zero-order valence-corrected chi connectivity index (χ0v) is 10.9. The molecular weight excluding hydrogens is 272 g/mol. The number of halogens is 2. The van der Waals surface area contributed by atoms with Crippen molar-refractivity contribution in [3.8, 4) is 5.75 Å². The molecule has 0 aromatic heterocycles. The van der Waals surface area contributed by atoms with Crippen molar-refractivity contribution in [1.82, 2.24) is 10.6 Å². The van der Waals surface area contributed by atoms with E-state index in [2.05, 4.69) is 20.7 Å². The van der Waals surface area contributed by atoms with Crippen molar-refractivity contribution in [3.05, 3.63) is 24.3 Å². The molecule has 0 aliphatic carbocycles. The summed E-state index contributed by atoms with van der Waals surface area (Å²) in [7, 11) is 1.39. The summed E-state index contributed by atoms with van der Waals surface area (Å²) in [5, 5.41) is 7.18. The molecule has 0 saturated carbocycles. The Morgan fingerprint density at radius 1 is 1.20 bits per heavy atom. The van der Waals surface area contributed by atoms with E-state index in [-0.39, 0.29) is 5.75 Å². The lowest BCUT2D eigenvalue weighted by Gasteiger charge is -2.14. The zero-order valence-electron chi connectivity index (χ0n) is 10.9. The van der Waals surface area contributed by atoms with E-state index in [1.54, 1.807) is 6.92 Å². The first-order chi connectivity index (χ1) is 9.42. The highest BCUT2D eigenvalue weighted by molar-refractivity contribution is 5.97. The Kier molecular flexibility index (Phi) is 5.70. The second kappa shape index (κ2) is 7.27. The van der Waals surface area contributed by atoms with Gasteiger partial charge >= 0.3 is 12.6 Å². The van der Waals surface area contributed by atoms with Gasteiger partial charge in [-0.2, -0.15) is 8.78 Å². The third kappa shape index (κ3) is 5.09. The standard InChI is InChI=1S/C12H15F2N3O3/c1-7(10(18)17-12(19)15-2)16-8-3-5-9(6-4-8)20-11(13)14/h3-7,11,16H,1-2H3,(H2,15,17,18,19). The SMILES string of the molecule is CNC(=O)NC(=O)C(C)Nc1ccc(OC(F)F)cc1. The highest BCUT2D eigenvalue weighted by atomic mass is 19.3. The van der Waals surface area contributed by atoms with E-state index < -0.39 is 24.6 Å². The molecule has 0 bridgehead atoms. The molecule has 0 spiro atoms. The highest BCUT2D eigenvalue weighted by Crippen LogP contribution is 2.18. The molecule has 8 heteroatoms. The molecule has 0 fully saturated rings. The van der Waals surface area contributed by atoms with Gasteiger partial charge in [0.05, 0.1) is 0 Å². The van der Waals surface area contributed by atoms with Gasteiger partial charge in [-0.25, -0.2) is 4.79 Å². The number of alkyl halides is 2. The predicted molar refractivity (Wildman–Crippen MR) is 68.8 cm³/mol. The molecule has 0 radical (unpaired) electrons. The van der Waals surface area contributed by atoms with Gasteiger partial charge in [-0.1, -0.05) is 0 Å². The number of hydrogen-bond acceptors (Lipinski definition) is 4. The third-order valence-electron chi connectivity index (χ3n) is 2.32. The quantitative estimate of drug-likeness (QED) is 0.767. The van der Waals surface area contributed by atoms with Crippen molar-refractivity contribution in [2.24, 2.45) is 0 Å². The van der Waals surface area contributed by atoms with Crippen LogP contribution in [-0.4, -0.2) is 31.6 Å². The molecule has 6 nitrogen and oxygen atoms in total. The number of carbonyl (C=O) groups excluding carboxylic acids is 2. The van der Waals surface area contributed by atoms with Crippen LogP contribution in [0.15, 0.2) is 24.3 Å². The van der Waals surface area contributed by atoms with E-state index in [1.807, 2.05) is 0 Å². The Bertz CT molecular complexity index is 466. The number of hydrogen-bond donors (Lipinski definition) is 3. The lowest BCUT2D eigenvalue weighted by molar-refractivity contribution is -0.120. The summed E-state index contributed by atoms with van der Waals surface area (Å²) < 4.78 is 28.1. The maximum Gasteiger partial charge on any atom is 0.387 e. The van der Waals surface area contributed by atoms with E-state index >= 15 is 0 Å². The van der Waals surface area contributed by atoms with Gasteiger partial charge in [0.1, 0.15) is 11.8 Å². The summed E-state index contributed by atoms with van der Waals surface area (Å²) in [6.07, 6.45) is 0. The summed E-state index contributed by atoms with van der Waals surface area (Å²) in [6.45, 7) is -1.33. The summed E-state index contributed by atoms with van der Waals surface area (Å²) >= 11 is 0. The zero-order chi connectivity index (χ0) is 15.1. The van der Waals surface area contributed by atoms with Crippen molar-refractivity contribution < 1.29 is 23.1 Å². The van der Waals surface area contributed by atoms with Crippen LogP contribution < -0.4 is 20.7 Å². The minimum atomic E-state index is -2.88. The van der Waals surface area contributed by atoms with Crippen molar-refractivity contribution >= 4 is 17.6 Å². The topological polar surface area (TPSA) is 79.5 Å². The number of rotatable bonds is 5. The van der Waals surface area contributed by atoms with E-state index in [0.717, 1.165) is 0 Å². The maximum absolute atomic E-state index is 12.0. The molecule has 0 heterocycles. The molecule has 1 aromatic carbocycles. The lowest BCUT2D eigenvalue weighted by Crippen LogP contribution is -2.44. The van der Waals surface area contributed by atoms with E-state index in [1.165, 1.54) is 31.3 Å². The van der Waals surface area contributed by atoms with Crippen molar-refractivity contribution in [3.63, 3.8) is 0 Å². The molecule has 20 heavy (non-hydrogen) atoms. The van der Waals surface area contributed by atoms with E-state index in [4.69, 9.17) is 0 Å². The summed E-state index contributed by atoms with van der Waals surface area (Å²) in [4.78, 5) is 22.5. The Morgan fingerprint density at radius 3 is 2.30 bits per heavy atom. The fourth-order valence-electron chi connectivity index (χ4n) is 1.33. The Hall–Kier alpha value is -2.38. The van der Waals surface area contributed by atoms with Crippen LogP contribution in [0.4, 0.5) is 19.3 Å². The molecule has 3 N–H and O–H groups in total. The molecule has 110 valence electrons. The average Bonchev–Trinajstić information content (AvgIpc) is 2.40. The molecule has 0 saturated heterocycles. The molecule has 0 aliphatic rings. The number of benzene rings is 1. The number of imide groups is 1. The second-order valence-corrected chi connectivity index (χ2v) is 3.84. The second-order valence-electron chi connectivity index (χ2n) is 3.84. The Morgan fingerprint density at radius 2 is 1.80 bits per heavy atom. The highest BCUT2D eigenvalue weighted by Gasteiger charge is 2.14. The van der Waals surface area contributed by atoms with Crippen LogP contribution in [0.25, 0.3) is 0 Å². The first kappa shape index (κ1) is 15.7. The lowest BCUT2D eigenvalue weighted by atomic mass is 10.2. The smallest absolute Gasteiger partial charge is 0.387 e. The van der Waals surface area contributed by atoms with Gasteiger partial charge in [0, 0.05) is 12.7 Å². The fourth-order valence-corrected chi connectivity index (χ4v) is 1.33. The van der Waals surface area contributed by atoms with E-state index in [0.29, 0.717) is 5.69 Å². The monoisotopic (exact) mass is 287 g/mol. The van der Waals surface area contributed by atoms with Gasteiger partial charge in [0.2, 0.25) is 5.91 Å². The molecule has 0 aliphatic heterocycles. The van der Waals surface area contributed by atoms with E-state index in [9.17, 15) is 18.4 Å². The van der Waals surface area contributed by atoms with Gasteiger partial charge in [0.15, 0.2) is 0 Å². The molecule has 1 atom stereocenters. The largest absolute Gasteiger partial charge is 0.435 e.